The molecule has 19 heavy (non-hydrogen) atoms. The zero-order valence-corrected chi connectivity index (χ0v) is 12.1. The molecule has 106 valence electrons. The number of hydrogen-bond donors (Lipinski definition) is 1. The Kier molecular flexibility index (Phi) is 5.20. The van der Waals surface area contributed by atoms with Gasteiger partial charge in [0.05, 0.1) is 0 Å². The van der Waals surface area contributed by atoms with Crippen molar-refractivity contribution in [2.45, 2.75) is 51.1 Å². The molecule has 0 aliphatic heterocycles. The van der Waals surface area contributed by atoms with Crippen LogP contribution in [0.4, 0.5) is 10.1 Å². The van der Waals surface area contributed by atoms with Crippen molar-refractivity contribution in [3.05, 3.63) is 29.6 Å². The summed E-state index contributed by atoms with van der Waals surface area (Å²) in [5.74, 6) is -0.104. The molecule has 1 aliphatic carbocycles. The van der Waals surface area contributed by atoms with Crippen LogP contribution in [0.5, 0.6) is 0 Å². The van der Waals surface area contributed by atoms with E-state index in [1.54, 1.807) is 6.07 Å². The first-order valence-electron chi connectivity index (χ1n) is 7.39. The van der Waals surface area contributed by atoms with Crippen molar-refractivity contribution in [2.75, 3.05) is 19.0 Å². The largest absolute Gasteiger partial charge is 0.371 e. The van der Waals surface area contributed by atoms with Crippen LogP contribution in [0.25, 0.3) is 0 Å². The van der Waals surface area contributed by atoms with Crippen molar-refractivity contribution >= 4 is 5.69 Å². The highest BCUT2D eigenvalue weighted by atomic mass is 19.1. The molecule has 1 aliphatic rings. The van der Waals surface area contributed by atoms with Crippen molar-refractivity contribution in [2.24, 2.45) is 0 Å². The molecule has 0 bridgehead atoms. The monoisotopic (exact) mass is 264 g/mol. The van der Waals surface area contributed by atoms with Crippen LogP contribution in [0.1, 0.15) is 44.1 Å². The summed E-state index contributed by atoms with van der Waals surface area (Å²) in [6, 6.07) is 5.97. The fourth-order valence-electron chi connectivity index (χ4n) is 3.07. The van der Waals surface area contributed by atoms with Crippen molar-refractivity contribution < 1.29 is 4.39 Å². The average Bonchev–Trinajstić information content (AvgIpc) is 2.69. The molecule has 3 heteroatoms. The van der Waals surface area contributed by atoms with Gasteiger partial charge in [0, 0.05) is 30.9 Å². The number of anilines is 1. The lowest BCUT2D eigenvalue weighted by atomic mass is 10.0. The van der Waals surface area contributed by atoms with Crippen LogP contribution in [0, 0.1) is 5.82 Å². The molecule has 0 aromatic heterocycles. The summed E-state index contributed by atoms with van der Waals surface area (Å²) in [7, 11) is 3.98. The maximum Gasteiger partial charge on any atom is 0.129 e. The summed E-state index contributed by atoms with van der Waals surface area (Å²) in [5.41, 5.74) is 1.83. The van der Waals surface area contributed by atoms with E-state index in [9.17, 15) is 4.39 Å². The van der Waals surface area contributed by atoms with E-state index in [2.05, 4.69) is 17.3 Å². The summed E-state index contributed by atoms with van der Waals surface area (Å²) >= 11 is 0. The third kappa shape index (κ3) is 3.47. The number of hydrogen-bond acceptors (Lipinski definition) is 2. The highest BCUT2D eigenvalue weighted by molar-refractivity contribution is 5.54. The van der Waals surface area contributed by atoms with E-state index in [0.29, 0.717) is 12.6 Å². The Morgan fingerprint density at radius 3 is 2.53 bits per heavy atom. The van der Waals surface area contributed by atoms with Gasteiger partial charge in [-0.1, -0.05) is 31.7 Å². The van der Waals surface area contributed by atoms with Gasteiger partial charge >= 0.3 is 0 Å². The zero-order chi connectivity index (χ0) is 13.7. The van der Waals surface area contributed by atoms with Gasteiger partial charge < -0.3 is 10.2 Å². The molecule has 2 rings (SSSR count). The van der Waals surface area contributed by atoms with Crippen molar-refractivity contribution in [3.8, 4) is 0 Å². The fourth-order valence-corrected chi connectivity index (χ4v) is 3.07. The van der Waals surface area contributed by atoms with Gasteiger partial charge in [0.2, 0.25) is 0 Å². The van der Waals surface area contributed by atoms with E-state index in [4.69, 9.17) is 0 Å². The van der Waals surface area contributed by atoms with E-state index in [0.717, 1.165) is 11.3 Å². The molecule has 0 unspecified atom stereocenters. The number of nitrogens with zero attached hydrogens (tertiary/aromatic N) is 1. The van der Waals surface area contributed by atoms with Gasteiger partial charge in [0.25, 0.3) is 0 Å². The van der Waals surface area contributed by atoms with Crippen LogP contribution in [0.2, 0.25) is 0 Å². The molecule has 1 N–H and O–H groups in total. The Balaban J connectivity index is 2.21. The zero-order valence-electron chi connectivity index (χ0n) is 12.1. The third-order valence-electron chi connectivity index (χ3n) is 4.20. The molecule has 0 spiro atoms. The van der Waals surface area contributed by atoms with Gasteiger partial charge in [-0.25, -0.2) is 4.39 Å². The maximum atomic E-state index is 14.0. The molecule has 0 saturated heterocycles. The molecule has 1 aromatic rings. The topological polar surface area (TPSA) is 15.3 Å². The molecule has 2 nitrogen and oxygen atoms in total. The molecular weight excluding hydrogens is 239 g/mol. The smallest absolute Gasteiger partial charge is 0.129 e. The van der Waals surface area contributed by atoms with E-state index >= 15 is 0 Å². The molecule has 1 fully saturated rings. The second kappa shape index (κ2) is 6.90. The van der Waals surface area contributed by atoms with Gasteiger partial charge in [-0.3, -0.25) is 0 Å². The minimum absolute atomic E-state index is 0.104. The van der Waals surface area contributed by atoms with Crippen LogP contribution in [-0.2, 0) is 6.54 Å². The van der Waals surface area contributed by atoms with Crippen LogP contribution in [0.15, 0.2) is 18.2 Å². The SMILES string of the molecule is CNCc1c(F)cccc1N(C)C1CCCCCC1. The molecule has 1 aromatic carbocycles. The predicted molar refractivity (Wildman–Crippen MR) is 79.1 cm³/mol. The molecule has 0 radical (unpaired) electrons. The Hall–Kier alpha value is -1.09. The Morgan fingerprint density at radius 1 is 1.21 bits per heavy atom. The predicted octanol–water partition coefficient (Wildman–Crippen LogP) is 3.70. The van der Waals surface area contributed by atoms with Gasteiger partial charge in [-0.15, -0.1) is 0 Å². The Morgan fingerprint density at radius 2 is 1.89 bits per heavy atom. The lowest BCUT2D eigenvalue weighted by Gasteiger charge is -2.31. The minimum Gasteiger partial charge on any atom is -0.371 e. The summed E-state index contributed by atoms with van der Waals surface area (Å²) in [4.78, 5) is 2.29. The van der Waals surface area contributed by atoms with E-state index in [-0.39, 0.29) is 5.82 Å². The minimum atomic E-state index is -0.104. The van der Waals surface area contributed by atoms with E-state index in [1.165, 1.54) is 38.5 Å². The number of rotatable bonds is 4. The highest BCUT2D eigenvalue weighted by Gasteiger charge is 2.20. The maximum absolute atomic E-state index is 14.0. The molecule has 0 amide bonds. The number of halogens is 1. The first-order chi connectivity index (χ1) is 9.24. The van der Waals surface area contributed by atoms with Crippen molar-refractivity contribution in [1.82, 2.24) is 5.32 Å². The third-order valence-corrected chi connectivity index (χ3v) is 4.20. The van der Waals surface area contributed by atoms with Crippen LogP contribution in [-0.4, -0.2) is 20.1 Å². The fraction of sp³-hybridized carbons (Fsp3) is 0.625. The van der Waals surface area contributed by atoms with Gasteiger partial charge in [-0.2, -0.15) is 0 Å². The van der Waals surface area contributed by atoms with Crippen molar-refractivity contribution in [1.29, 1.82) is 0 Å². The normalized spacial score (nSPS) is 17.2. The van der Waals surface area contributed by atoms with Crippen LogP contribution < -0.4 is 10.2 Å². The quantitative estimate of drug-likeness (QED) is 0.834. The standard InChI is InChI=1S/C16H25FN2/c1-18-12-14-15(17)10-7-11-16(14)19(2)13-8-5-3-4-6-9-13/h7,10-11,13,18H,3-6,8-9,12H2,1-2H3. The Bertz CT molecular complexity index is 398. The second-order valence-corrected chi connectivity index (χ2v) is 5.52. The lowest BCUT2D eigenvalue weighted by molar-refractivity contribution is 0.545. The van der Waals surface area contributed by atoms with Crippen LogP contribution >= 0.6 is 0 Å². The summed E-state index contributed by atoms with van der Waals surface area (Å²) in [5, 5.41) is 3.07. The van der Waals surface area contributed by atoms with Gasteiger partial charge in [0.15, 0.2) is 0 Å². The first-order valence-corrected chi connectivity index (χ1v) is 7.39. The number of benzene rings is 1. The summed E-state index contributed by atoms with van der Waals surface area (Å²) in [6.45, 7) is 0.582. The summed E-state index contributed by atoms with van der Waals surface area (Å²) in [6.07, 6.45) is 7.74. The highest BCUT2D eigenvalue weighted by Crippen LogP contribution is 2.29. The molecule has 1 saturated carbocycles. The number of nitrogens with one attached hydrogen (secondary N) is 1. The lowest BCUT2D eigenvalue weighted by Crippen LogP contribution is -2.32. The van der Waals surface area contributed by atoms with Crippen LogP contribution in [0.3, 0.4) is 0 Å². The van der Waals surface area contributed by atoms with E-state index in [1.807, 2.05) is 19.2 Å². The Labute approximate surface area is 116 Å². The molecular formula is C16H25FN2. The molecule has 0 atom stereocenters. The summed E-state index contributed by atoms with van der Waals surface area (Å²) < 4.78 is 14.0. The van der Waals surface area contributed by atoms with E-state index < -0.39 is 0 Å². The second-order valence-electron chi connectivity index (χ2n) is 5.52. The first kappa shape index (κ1) is 14.3. The van der Waals surface area contributed by atoms with Gasteiger partial charge in [-0.05, 0) is 32.0 Å². The van der Waals surface area contributed by atoms with Crippen molar-refractivity contribution in [3.63, 3.8) is 0 Å². The molecule has 0 heterocycles. The average molecular weight is 264 g/mol. The van der Waals surface area contributed by atoms with Gasteiger partial charge in [0.1, 0.15) is 5.82 Å².